The van der Waals surface area contributed by atoms with Gasteiger partial charge < -0.3 is 9.73 Å². The minimum Gasteiger partial charge on any atom is -0.443 e. The molecular weight excluding hydrogens is 242 g/mol. The van der Waals surface area contributed by atoms with Crippen molar-refractivity contribution in [2.24, 2.45) is 0 Å². The molecule has 0 fully saturated rings. The number of aryl methyl sites for hydroxylation is 1. The second-order valence-corrected chi connectivity index (χ2v) is 4.17. The van der Waals surface area contributed by atoms with E-state index in [1.807, 2.05) is 19.1 Å². The monoisotopic (exact) mass is 257 g/mol. The van der Waals surface area contributed by atoms with Gasteiger partial charge in [0.15, 0.2) is 0 Å². The van der Waals surface area contributed by atoms with Gasteiger partial charge in [-0.2, -0.15) is 5.26 Å². The molecular formula is C14H15N3O2. The van der Waals surface area contributed by atoms with Gasteiger partial charge in [0, 0.05) is 18.9 Å². The Morgan fingerprint density at radius 1 is 1.47 bits per heavy atom. The topological polar surface area (TPSA) is 71.0 Å². The highest BCUT2D eigenvalue weighted by molar-refractivity contribution is 5.98. The van der Waals surface area contributed by atoms with Gasteiger partial charge >= 0.3 is 0 Å². The number of hydrogen-bond donors (Lipinski definition) is 1. The van der Waals surface area contributed by atoms with Crippen LogP contribution in [0.15, 0.2) is 28.9 Å². The summed E-state index contributed by atoms with van der Waals surface area (Å²) in [5, 5.41) is 12.0. The van der Waals surface area contributed by atoms with E-state index in [0.717, 1.165) is 6.42 Å². The molecule has 0 atom stereocenters. The lowest BCUT2D eigenvalue weighted by atomic mass is 10.1. The first-order valence-corrected chi connectivity index (χ1v) is 6.14. The summed E-state index contributed by atoms with van der Waals surface area (Å²) in [6, 6.07) is 5.71. The van der Waals surface area contributed by atoms with Crippen LogP contribution < -0.4 is 5.32 Å². The first kappa shape index (κ1) is 13.0. The van der Waals surface area contributed by atoms with Gasteiger partial charge in [0.05, 0.1) is 0 Å². The molecule has 5 nitrogen and oxygen atoms in total. The van der Waals surface area contributed by atoms with Crippen molar-refractivity contribution in [2.75, 3.05) is 6.54 Å². The Morgan fingerprint density at radius 3 is 2.74 bits per heavy atom. The molecule has 0 spiro atoms. The average Bonchev–Trinajstić information content (AvgIpc) is 3.02. The molecule has 2 aromatic rings. The molecule has 2 heterocycles. The summed E-state index contributed by atoms with van der Waals surface area (Å²) in [5.74, 6) is 0.568. The summed E-state index contributed by atoms with van der Waals surface area (Å²) in [7, 11) is 0. The first-order valence-electron chi connectivity index (χ1n) is 6.14. The van der Waals surface area contributed by atoms with E-state index >= 15 is 0 Å². The lowest BCUT2D eigenvalue weighted by molar-refractivity contribution is 0.0952. The maximum absolute atomic E-state index is 12.1. The van der Waals surface area contributed by atoms with E-state index < -0.39 is 0 Å². The molecule has 0 aromatic carbocycles. The second kappa shape index (κ2) is 5.44. The average molecular weight is 257 g/mol. The van der Waals surface area contributed by atoms with E-state index in [0.29, 0.717) is 23.8 Å². The van der Waals surface area contributed by atoms with Crippen molar-refractivity contribution < 1.29 is 9.21 Å². The fourth-order valence-electron chi connectivity index (χ4n) is 1.89. The molecule has 0 aliphatic rings. The molecule has 1 N–H and O–H groups in total. The standard InChI is InChI=1S/C14H15N3O2/c1-3-6-16-13(18)12-10(2)19-14(11(12)9-15)17-7-4-5-8-17/h4-5,7-8H,3,6H2,1-2H3,(H,16,18). The van der Waals surface area contributed by atoms with E-state index in [1.54, 1.807) is 23.9 Å². The van der Waals surface area contributed by atoms with Gasteiger partial charge in [-0.3, -0.25) is 9.36 Å². The highest BCUT2D eigenvalue weighted by Crippen LogP contribution is 2.25. The third-order valence-electron chi connectivity index (χ3n) is 2.78. The van der Waals surface area contributed by atoms with Crippen molar-refractivity contribution in [2.45, 2.75) is 20.3 Å². The number of carbonyl (C=O) groups excluding carboxylic acids is 1. The van der Waals surface area contributed by atoms with Gasteiger partial charge in [0.25, 0.3) is 5.91 Å². The lowest BCUT2D eigenvalue weighted by Crippen LogP contribution is -2.25. The van der Waals surface area contributed by atoms with Crippen LogP contribution in [0.1, 0.15) is 35.0 Å². The highest BCUT2D eigenvalue weighted by atomic mass is 16.4. The number of rotatable bonds is 4. The van der Waals surface area contributed by atoms with Crippen LogP contribution >= 0.6 is 0 Å². The Kier molecular flexibility index (Phi) is 3.71. The molecule has 5 heteroatoms. The van der Waals surface area contributed by atoms with Crippen LogP contribution in [0.4, 0.5) is 0 Å². The molecule has 98 valence electrons. The predicted molar refractivity (Wildman–Crippen MR) is 70.1 cm³/mol. The van der Waals surface area contributed by atoms with Gasteiger partial charge in [-0.05, 0) is 25.5 Å². The number of hydrogen-bond acceptors (Lipinski definition) is 3. The number of nitrogens with zero attached hydrogens (tertiary/aromatic N) is 2. The zero-order chi connectivity index (χ0) is 13.8. The van der Waals surface area contributed by atoms with E-state index in [9.17, 15) is 10.1 Å². The summed E-state index contributed by atoms with van der Waals surface area (Å²) in [4.78, 5) is 12.1. The third-order valence-corrected chi connectivity index (χ3v) is 2.78. The molecule has 0 saturated heterocycles. The van der Waals surface area contributed by atoms with Crippen LogP contribution in [0, 0.1) is 18.3 Å². The Labute approximate surface area is 111 Å². The van der Waals surface area contributed by atoms with Gasteiger partial charge in [-0.1, -0.05) is 6.92 Å². The minimum atomic E-state index is -0.266. The third kappa shape index (κ3) is 2.38. The number of furan rings is 1. The maximum Gasteiger partial charge on any atom is 0.256 e. The highest BCUT2D eigenvalue weighted by Gasteiger charge is 2.23. The van der Waals surface area contributed by atoms with Crippen LogP contribution in [-0.4, -0.2) is 17.0 Å². The summed E-state index contributed by atoms with van der Waals surface area (Å²) < 4.78 is 7.24. The van der Waals surface area contributed by atoms with Crippen LogP contribution in [0.3, 0.4) is 0 Å². The predicted octanol–water partition coefficient (Wildman–Crippen LogP) is 2.39. The molecule has 19 heavy (non-hydrogen) atoms. The molecule has 0 aliphatic heterocycles. The molecule has 1 amide bonds. The Morgan fingerprint density at radius 2 is 2.16 bits per heavy atom. The van der Waals surface area contributed by atoms with Crippen LogP contribution in [0.2, 0.25) is 0 Å². The molecule has 0 radical (unpaired) electrons. The Balaban J connectivity index is 2.46. The molecule has 0 aliphatic carbocycles. The van der Waals surface area contributed by atoms with E-state index in [1.165, 1.54) is 0 Å². The fourth-order valence-corrected chi connectivity index (χ4v) is 1.89. The number of nitriles is 1. The van der Waals surface area contributed by atoms with Gasteiger partial charge in [-0.25, -0.2) is 0 Å². The zero-order valence-electron chi connectivity index (χ0n) is 10.9. The van der Waals surface area contributed by atoms with Crippen LogP contribution in [0.5, 0.6) is 0 Å². The van der Waals surface area contributed by atoms with Gasteiger partial charge in [0.1, 0.15) is 23.0 Å². The SMILES string of the molecule is CCCNC(=O)c1c(C)oc(-n2cccc2)c1C#N. The maximum atomic E-state index is 12.1. The quantitative estimate of drug-likeness (QED) is 0.914. The van der Waals surface area contributed by atoms with Gasteiger partial charge in [-0.15, -0.1) is 0 Å². The van der Waals surface area contributed by atoms with Crippen molar-refractivity contribution >= 4 is 5.91 Å². The fraction of sp³-hybridized carbons (Fsp3) is 0.286. The normalized spacial score (nSPS) is 10.2. The Bertz CT molecular complexity index is 618. The van der Waals surface area contributed by atoms with Crippen molar-refractivity contribution in [3.63, 3.8) is 0 Å². The molecule has 0 bridgehead atoms. The second-order valence-electron chi connectivity index (χ2n) is 4.17. The van der Waals surface area contributed by atoms with Crippen molar-refractivity contribution in [3.8, 4) is 12.0 Å². The van der Waals surface area contributed by atoms with Crippen LogP contribution in [-0.2, 0) is 0 Å². The van der Waals surface area contributed by atoms with Crippen molar-refractivity contribution in [1.29, 1.82) is 5.26 Å². The number of aromatic nitrogens is 1. The minimum absolute atomic E-state index is 0.266. The van der Waals surface area contributed by atoms with E-state index in [2.05, 4.69) is 11.4 Å². The smallest absolute Gasteiger partial charge is 0.256 e. The molecule has 2 aromatic heterocycles. The van der Waals surface area contributed by atoms with E-state index in [-0.39, 0.29) is 11.5 Å². The van der Waals surface area contributed by atoms with Gasteiger partial charge in [0.2, 0.25) is 5.88 Å². The van der Waals surface area contributed by atoms with E-state index in [4.69, 9.17) is 4.42 Å². The first-order chi connectivity index (χ1) is 9.19. The summed E-state index contributed by atoms with van der Waals surface area (Å²) in [6.45, 7) is 4.24. The van der Waals surface area contributed by atoms with Crippen LogP contribution in [0.25, 0.3) is 5.88 Å². The zero-order valence-corrected chi connectivity index (χ0v) is 10.9. The summed E-state index contributed by atoms with van der Waals surface area (Å²) in [6.07, 6.45) is 4.38. The van der Waals surface area contributed by atoms with Crippen molar-refractivity contribution in [3.05, 3.63) is 41.4 Å². The Hall–Kier alpha value is -2.48. The molecule has 0 unspecified atom stereocenters. The largest absolute Gasteiger partial charge is 0.443 e. The number of amides is 1. The number of carbonyl (C=O) groups is 1. The lowest BCUT2D eigenvalue weighted by Gasteiger charge is -2.02. The van der Waals surface area contributed by atoms with Crippen molar-refractivity contribution in [1.82, 2.24) is 9.88 Å². The molecule has 0 saturated carbocycles. The summed E-state index contributed by atoms with van der Waals surface area (Å²) in [5.41, 5.74) is 0.585. The number of nitrogens with one attached hydrogen (secondary N) is 1. The molecule has 2 rings (SSSR count). The summed E-state index contributed by atoms with van der Waals surface area (Å²) >= 11 is 0.